The molecule has 4 heteroatoms. The van der Waals surface area contributed by atoms with E-state index in [1.165, 1.54) is 0 Å². The van der Waals surface area contributed by atoms with Crippen LogP contribution in [-0.4, -0.2) is 36.7 Å². The second-order valence-corrected chi connectivity index (χ2v) is 9.07. The first-order chi connectivity index (χ1) is 13.3. The molecule has 0 saturated carbocycles. The third-order valence-corrected chi connectivity index (χ3v) is 6.12. The summed E-state index contributed by atoms with van der Waals surface area (Å²) in [6, 6.07) is 8.03. The van der Waals surface area contributed by atoms with E-state index in [2.05, 4.69) is 39.8 Å². The number of hydrogen-bond donors (Lipinski definition) is 0. The van der Waals surface area contributed by atoms with Gasteiger partial charge >= 0.3 is 0 Å². The summed E-state index contributed by atoms with van der Waals surface area (Å²) >= 11 is 0. The molecule has 2 atom stereocenters. The van der Waals surface area contributed by atoms with Gasteiger partial charge in [0.25, 0.3) is 0 Å². The first-order valence-electron chi connectivity index (χ1n) is 10.8. The fourth-order valence-corrected chi connectivity index (χ4v) is 4.53. The molecule has 1 aliphatic rings. The lowest BCUT2D eigenvalue weighted by atomic mass is 9.73. The van der Waals surface area contributed by atoms with Crippen LogP contribution in [0.5, 0.6) is 5.75 Å². The lowest BCUT2D eigenvalue weighted by Crippen LogP contribution is -2.39. The van der Waals surface area contributed by atoms with Gasteiger partial charge in [-0.2, -0.15) is 0 Å². The van der Waals surface area contributed by atoms with E-state index in [1.54, 1.807) is 7.11 Å². The van der Waals surface area contributed by atoms with Crippen molar-refractivity contribution in [2.24, 2.45) is 17.8 Å². The van der Waals surface area contributed by atoms with E-state index >= 15 is 0 Å². The Morgan fingerprint density at radius 2 is 1.96 bits per heavy atom. The summed E-state index contributed by atoms with van der Waals surface area (Å²) in [6.45, 7) is 13.3. The summed E-state index contributed by atoms with van der Waals surface area (Å²) in [5.74, 6) is 2.97. The molecule has 4 nitrogen and oxygen atoms in total. The van der Waals surface area contributed by atoms with Crippen LogP contribution < -0.4 is 4.74 Å². The minimum absolute atomic E-state index is 0.0297. The van der Waals surface area contributed by atoms with Gasteiger partial charge in [-0.25, -0.2) is 0 Å². The van der Waals surface area contributed by atoms with Crippen molar-refractivity contribution < 1.29 is 14.3 Å². The lowest BCUT2D eigenvalue weighted by molar-refractivity contribution is -0.132. The van der Waals surface area contributed by atoms with E-state index in [9.17, 15) is 4.79 Å². The Bertz CT molecular complexity index is 609. The molecule has 1 aliphatic heterocycles. The molecular weight excluding hydrogens is 350 g/mol. The average Bonchev–Trinajstić information content (AvgIpc) is 2.66. The number of carbonyl (C=O) groups excluding carboxylic acids is 1. The van der Waals surface area contributed by atoms with E-state index in [0.29, 0.717) is 30.7 Å². The molecule has 1 aromatic rings. The number of hydrogen-bond acceptors (Lipinski definition) is 3. The van der Waals surface area contributed by atoms with Crippen LogP contribution in [0.3, 0.4) is 0 Å². The average molecular weight is 390 g/mol. The number of ether oxygens (including phenoxy) is 2. The molecule has 1 amide bonds. The molecule has 0 aromatic heterocycles. The SMILES string of the molecule is CCC(=O)N(CC[C@@H](C(C)C)[C@@H]1CCOC(C)(C)C1)Cc1ccc(OC)cc1. The standard InChI is InChI=1S/C24H39NO3/c1-7-23(26)25(17-19-8-10-21(27-6)11-9-19)14-12-22(18(2)3)20-13-15-28-24(4,5)16-20/h8-11,18,20,22H,7,12-17H2,1-6H3/t20-,22+/m1/s1. The smallest absolute Gasteiger partial charge is 0.222 e. The van der Waals surface area contributed by atoms with E-state index in [-0.39, 0.29) is 11.5 Å². The zero-order valence-electron chi connectivity index (χ0n) is 18.7. The lowest BCUT2D eigenvalue weighted by Gasteiger charge is -2.41. The Morgan fingerprint density at radius 3 is 2.50 bits per heavy atom. The van der Waals surface area contributed by atoms with Crippen LogP contribution in [0.2, 0.25) is 0 Å². The van der Waals surface area contributed by atoms with Crippen molar-refractivity contribution in [2.45, 2.75) is 72.4 Å². The van der Waals surface area contributed by atoms with Crippen LogP contribution in [0.25, 0.3) is 0 Å². The third-order valence-electron chi connectivity index (χ3n) is 6.12. The summed E-state index contributed by atoms with van der Waals surface area (Å²) in [7, 11) is 1.67. The summed E-state index contributed by atoms with van der Waals surface area (Å²) in [4.78, 5) is 14.6. The van der Waals surface area contributed by atoms with Crippen molar-refractivity contribution in [1.82, 2.24) is 4.90 Å². The minimum Gasteiger partial charge on any atom is -0.497 e. The molecule has 1 heterocycles. The van der Waals surface area contributed by atoms with E-state index in [1.807, 2.05) is 24.0 Å². The number of methoxy groups -OCH3 is 1. The highest BCUT2D eigenvalue weighted by Gasteiger charge is 2.34. The van der Waals surface area contributed by atoms with Crippen LogP contribution in [0, 0.1) is 17.8 Å². The van der Waals surface area contributed by atoms with Crippen LogP contribution in [0.4, 0.5) is 0 Å². The summed E-state index contributed by atoms with van der Waals surface area (Å²) in [6.07, 6.45) is 3.84. The molecular formula is C24H39NO3. The number of nitrogens with zero attached hydrogens (tertiary/aromatic N) is 1. The van der Waals surface area contributed by atoms with E-state index in [4.69, 9.17) is 9.47 Å². The Kier molecular flexibility index (Phi) is 8.36. The van der Waals surface area contributed by atoms with Gasteiger partial charge in [-0.15, -0.1) is 0 Å². The molecule has 0 aliphatic carbocycles. The highest BCUT2D eigenvalue weighted by Crippen LogP contribution is 2.38. The van der Waals surface area contributed by atoms with E-state index in [0.717, 1.165) is 43.7 Å². The molecule has 0 unspecified atom stereocenters. The predicted octanol–water partition coefficient (Wildman–Crippen LogP) is 5.30. The van der Waals surface area contributed by atoms with Crippen molar-refractivity contribution in [2.75, 3.05) is 20.3 Å². The quantitative estimate of drug-likeness (QED) is 0.575. The molecule has 0 radical (unpaired) electrons. The Morgan fingerprint density at radius 1 is 1.29 bits per heavy atom. The summed E-state index contributed by atoms with van der Waals surface area (Å²) in [5.41, 5.74) is 1.12. The van der Waals surface area contributed by atoms with Gasteiger partial charge in [0.2, 0.25) is 5.91 Å². The first kappa shape index (κ1) is 22.7. The molecule has 28 heavy (non-hydrogen) atoms. The molecule has 0 spiro atoms. The minimum atomic E-state index is -0.0297. The fraction of sp³-hybridized carbons (Fsp3) is 0.708. The number of amides is 1. The molecule has 1 fully saturated rings. The Hall–Kier alpha value is -1.55. The largest absolute Gasteiger partial charge is 0.497 e. The monoisotopic (exact) mass is 389 g/mol. The Balaban J connectivity index is 2.04. The van der Waals surface area contributed by atoms with Crippen molar-refractivity contribution in [3.05, 3.63) is 29.8 Å². The van der Waals surface area contributed by atoms with Crippen LogP contribution in [0.15, 0.2) is 24.3 Å². The van der Waals surface area contributed by atoms with Gasteiger partial charge in [0.05, 0.1) is 12.7 Å². The molecule has 1 saturated heterocycles. The van der Waals surface area contributed by atoms with E-state index < -0.39 is 0 Å². The van der Waals surface area contributed by atoms with Gasteiger partial charge < -0.3 is 14.4 Å². The second-order valence-electron chi connectivity index (χ2n) is 9.07. The molecule has 2 rings (SSSR count). The van der Waals surface area contributed by atoms with Crippen LogP contribution in [0.1, 0.15) is 65.9 Å². The van der Waals surface area contributed by atoms with Gasteiger partial charge in [-0.1, -0.05) is 32.9 Å². The van der Waals surface area contributed by atoms with Gasteiger partial charge in [0, 0.05) is 26.1 Å². The maximum absolute atomic E-state index is 12.6. The van der Waals surface area contributed by atoms with Crippen molar-refractivity contribution in [1.29, 1.82) is 0 Å². The van der Waals surface area contributed by atoms with Crippen molar-refractivity contribution in [3.63, 3.8) is 0 Å². The number of rotatable bonds is 9. The van der Waals surface area contributed by atoms with Crippen molar-refractivity contribution in [3.8, 4) is 5.75 Å². The normalized spacial score (nSPS) is 20.0. The second kappa shape index (κ2) is 10.3. The highest BCUT2D eigenvalue weighted by atomic mass is 16.5. The maximum Gasteiger partial charge on any atom is 0.222 e. The van der Waals surface area contributed by atoms with Gasteiger partial charge in [-0.05, 0) is 68.6 Å². The van der Waals surface area contributed by atoms with Gasteiger partial charge in [0.15, 0.2) is 0 Å². The molecule has 158 valence electrons. The van der Waals surface area contributed by atoms with Crippen LogP contribution >= 0.6 is 0 Å². The predicted molar refractivity (Wildman–Crippen MR) is 114 cm³/mol. The first-order valence-corrected chi connectivity index (χ1v) is 10.8. The fourth-order valence-electron chi connectivity index (χ4n) is 4.53. The number of benzene rings is 1. The zero-order valence-corrected chi connectivity index (χ0v) is 18.7. The van der Waals surface area contributed by atoms with Gasteiger partial charge in [0.1, 0.15) is 5.75 Å². The van der Waals surface area contributed by atoms with Gasteiger partial charge in [-0.3, -0.25) is 4.79 Å². The zero-order chi connectivity index (χ0) is 20.7. The number of carbonyl (C=O) groups is 1. The van der Waals surface area contributed by atoms with Crippen molar-refractivity contribution >= 4 is 5.91 Å². The Labute approximate surface area is 171 Å². The topological polar surface area (TPSA) is 38.8 Å². The van der Waals surface area contributed by atoms with Crippen LogP contribution in [-0.2, 0) is 16.1 Å². The molecule has 0 bridgehead atoms. The summed E-state index contributed by atoms with van der Waals surface area (Å²) < 4.78 is 11.2. The maximum atomic E-state index is 12.6. The highest BCUT2D eigenvalue weighted by molar-refractivity contribution is 5.75. The molecule has 1 aromatic carbocycles. The third kappa shape index (κ3) is 6.51. The summed E-state index contributed by atoms with van der Waals surface area (Å²) in [5, 5.41) is 0. The molecule has 0 N–H and O–H groups in total.